The molecule has 19 heteroatoms. The van der Waals surface area contributed by atoms with Crippen LogP contribution in [-0.4, -0.2) is 68.4 Å². The van der Waals surface area contributed by atoms with Crippen molar-refractivity contribution in [1.29, 1.82) is 0 Å². The van der Waals surface area contributed by atoms with Crippen molar-refractivity contribution in [1.82, 2.24) is 19.7 Å². The van der Waals surface area contributed by atoms with Crippen LogP contribution in [0.25, 0.3) is 5.82 Å². The molecule has 0 spiro atoms. The molecule has 0 unspecified atom stereocenters. The lowest BCUT2D eigenvalue weighted by molar-refractivity contribution is -0.0436. The summed E-state index contributed by atoms with van der Waals surface area (Å²) in [6.45, 7) is 1.28. The van der Waals surface area contributed by atoms with Gasteiger partial charge in [0.05, 0.1) is 27.5 Å². The molecule has 0 saturated heterocycles. The predicted octanol–water partition coefficient (Wildman–Crippen LogP) is 1.34. The number of halogens is 3. The zero-order valence-electron chi connectivity index (χ0n) is 18.7. The number of rotatable bonds is 8. The molecule has 0 atom stereocenters. The number of benzene rings is 1. The third-order valence-corrected chi connectivity index (χ3v) is 8.21. The highest BCUT2D eigenvalue weighted by atomic mass is 32.2. The number of carbonyl (C=O) groups is 1. The molecule has 0 radical (unpaired) electrons. The molecule has 0 fully saturated rings. The van der Waals surface area contributed by atoms with Crippen LogP contribution in [0.4, 0.5) is 18.9 Å². The first-order valence-corrected chi connectivity index (χ1v) is 14.7. The minimum absolute atomic E-state index is 0.0706. The van der Waals surface area contributed by atoms with Gasteiger partial charge >= 0.3 is 15.6 Å². The Labute approximate surface area is 208 Å². The highest BCUT2D eigenvalue weighted by molar-refractivity contribution is 7.92. The third-order valence-electron chi connectivity index (χ3n) is 4.48. The lowest BCUT2D eigenvalue weighted by Crippen LogP contribution is -2.24. The summed E-state index contributed by atoms with van der Waals surface area (Å²) in [6.07, 6.45) is 2.90. The maximum atomic E-state index is 13.1. The van der Waals surface area contributed by atoms with E-state index >= 15 is 0 Å². The van der Waals surface area contributed by atoms with E-state index in [1.807, 2.05) is 5.32 Å². The standard InChI is InChI=1S/C18H16F3N5O8S3/c1-3-36(30,31)14-6-7-15(26-10-22-9-23-26)25-16(14)17(27)24-12-8-11(37(32,33)18(19,20)21)4-5-13(12)34-35(2,28)29/h4-10H,3H2,1-2H3,(H,24,27). The Bertz CT molecular complexity index is 1670. The van der Waals surface area contributed by atoms with E-state index in [0.29, 0.717) is 24.5 Å². The van der Waals surface area contributed by atoms with Crippen LogP contribution in [0.2, 0.25) is 0 Å². The number of pyridine rings is 1. The van der Waals surface area contributed by atoms with Crippen molar-refractivity contribution in [2.24, 2.45) is 0 Å². The molecule has 2 heterocycles. The van der Waals surface area contributed by atoms with Crippen molar-refractivity contribution in [2.45, 2.75) is 22.2 Å². The van der Waals surface area contributed by atoms with E-state index in [1.165, 1.54) is 19.3 Å². The maximum Gasteiger partial charge on any atom is 0.501 e. The molecule has 37 heavy (non-hydrogen) atoms. The van der Waals surface area contributed by atoms with Crippen LogP contribution >= 0.6 is 0 Å². The minimum Gasteiger partial charge on any atom is -0.380 e. The molecular weight excluding hydrogens is 567 g/mol. The Kier molecular flexibility index (Phi) is 7.35. The second-order valence-corrected chi connectivity index (χ2v) is 12.9. The first-order chi connectivity index (χ1) is 17.0. The van der Waals surface area contributed by atoms with E-state index in [0.717, 1.165) is 17.1 Å². The van der Waals surface area contributed by atoms with Crippen molar-refractivity contribution in [2.75, 3.05) is 17.3 Å². The highest BCUT2D eigenvalue weighted by Gasteiger charge is 2.47. The average Bonchev–Trinajstić information content (AvgIpc) is 3.33. The number of nitrogens with zero attached hydrogens (tertiary/aromatic N) is 4. The van der Waals surface area contributed by atoms with Crippen molar-refractivity contribution < 1.29 is 47.4 Å². The van der Waals surface area contributed by atoms with E-state index in [2.05, 4.69) is 19.2 Å². The summed E-state index contributed by atoms with van der Waals surface area (Å²) in [5, 5.41) is 5.79. The summed E-state index contributed by atoms with van der Waals surface area (Å²) in [7, 11) is -14.3. The van der Waals surface area contributed by atoms with Gasteiger partial charge in [0.2, 0.25) is 0 Å². The van der Waals surface area contributed by atoms with Crippen LogP contribution in [0.5, 0.6) is 5.75 Å². The van der Waals surface area contributed by atoms with Crippen molar-refractivity contribution >= 4 is 41.4 Å². The first kappa shape index (κ1) is 28.0. The molecule has 13 nitrogen and oxygen atoms in total. The lowest BCUT2D eigenvalue weighted by Gasteiger charge is -2.15. The number of amides is 1. The van der Waals surface area contributed by atoms with Crippen LogP contribution < -0.4 is 9.50 Å². The topological polar surface area (TPSA) is 184 Å². The molecular formula is C18H16F3N5O8S3. The van der Waals surface area contributed by atoms with Crippen LogP contribution in [0.3, 0.4) is 0 Å². The fourth-order valence-electron chi connectivity index (χ4n) is 2.78. The van der Waals surface area contributed by atoms with E-state index in [9.17, 15) is 43.2 Å². The van der Waals surface area contributed by atoms with Crippen molar-refractivity contribution in [3.8, 4) is 11.6 Å². The van der Waals surface area contributed by atoms with Crippen LogP contribution in [-0.2, 0) is 29.8 Å². The predicted molar refractivity (Wildman–Crippen MR) is 120 cm³/mol. The quantitative estimate of drug-likeness (QED) is 0.377. The molecule has 0 aliphatic heterocycles. The van der Waals surface area contributed by atoms with E-state index in [4.69, 9.17) is 0 Å². The molecule has 0 aliphatic rings. The Morgan fingerprint density at radius 1 is 1.08 bits per heavy atom. The third kappa shape index (κ3) is 6.05. The molecule has 1 amide bonds. The molecule has 3 rings (SSSR count). The van der Waals surface area contributed by atoms with Gasteiger partial charge in [0.15, 0.2) is 21.4 Å². The van der Waals surface area contributed by atoms with Gasteiger partial charge in [0, 0.05) is 0 Å². The number of anilines is 1. The molecule has 1 aromatic carbocycles. The van der Waals surface area contributed by atoms with Crippen LogP contribution in [0.1, 0.15) is 17.4 Å². The number of hydrogen-bond acceptors (Lipinski definition) is 11. The minimum atomic E-state index is -5.92. The number of aromatic nitrogens is 4. The van der Waals surface area contributed by atoms with Gasteiger partial charge in [-0.15, -0.1) is 0 Å². The Hall–Kier alpha value is -3.58. The van der Waals surface area contributed by atoms with Gasteiger partial charge in [-0.3, -0.25) is 4.79 Å². The summed E-state index contributed by atoms with van der Waals surface area (Å²) >= 11 is 0. The number of alkyl halides is 3. The summed E-state index contributed by atoms with van der Waals surface area (Å²) in [5.74, 6) is -2.61. The molecule has 3 aromatic rings. The second-order valence-electron chi connectivity index (χ2n) is 7.11. The Morgan fingerprint density at radius 3 is 2.30 bits per heavy atom. The van der Waals surface area contributed by atoms with Gasteiger partial charge in [0.25, 0.3) is 15.7 Å². The van der Waals surface area contributed by atoms with Crippen molar-refractivity contribution in [3.63, 3.8) is 0 Å². The van der Waals surface area contributed by atoms with E-state index in [-0.39, 0.29) is 5.82 Å². The number of sulfone groups is 2. The summed E-state index contributed by atoms with van der Waals surface area (Å²) in [4.78, 5) is 18.9. The molecule has 2 aromatic heterocycles. The van der Waals surface area contributed by atoms with Gasteiger partial charge in [-0.05, 0) is 30.3 Å². The van der Waals surface area contributed by atoms with Crippen LogP contribution in [0, 0.1) is 0 Å². The van der Waals surface area contributed by atoms with Gasteiger partial charge in [0.1, 0.15) is 18.3 Å². The van der Waals surface area contributed by atoms with Gasteiger partial charge in [-0.25, -0.2) is 31.5 Å². The van der Waals surface area contributed by atoms with Crippen LogP contribution in [0.15, 0.2) is 52.8 Å². The zero-order chi connectivity index (χ0) is 27.8. The fourth-order valence-corrected chi connectivity index (χ4v) is 5.06. The summed E-state index contributed by atoms with van der Waals surface area (Å²) < 4.78 is 117. The average molecular weight is 584 g/mol. The Balaban J connectivity index is 2.18. The first-order valence-electron chi connectivity index (χ1n) is 9.71. The molecule has 200 valence electrons. The molecule has 1 N–H and O–H groups in total. The molecule has 0 aliphatic carbocycles. The van der Waals surface area contributed by atoms with Crippen molar-refractivity contribution in [3.05, 3.63) is 48.7 Å². The number of carbonyl (C=O) groups excluding carboxylic acids is 1. The second kappa shape index (κ2) is 9.71. The van der Waals surface area contributed by atoms with Gasteiger partial charge in [-0.1, -0.05) is 6.92 Å². The monoisotopic (exact) mass is 583 g/mol. The SMILES string of the molecule is CCS(=O)(=O)c1ccc(-n2cncn2)nc1C(=O)Nc1cc(S(=O)(=O)C(F)(F)F)ccc1OS(C)(=O)=O. The normalized spacial score (nSPS) is 12.8. The van der Waals surface area contributed by atoms with Gasteiger partial charge < -0.3 is 9.50 Å². The van der Waals surface area contributed by atoms with E-state index < -0.39 is 73.9 Å². The largest absolute Gasteiger partial charge is 0.501 e. The summed E-state index contributed by atoms with van der Waals surface area (Å²) in [5.41, 5.74) is -7.29. The summed E-state index contributed by atoms with van der Waals surface area (Å²) in [6, 6.07) is 3.57. The highest BCUT2D eigenvalue weighted by Crippen LogP contribution is 2.35. The lowest BCUT2D eigenvalue weighted by atomic mass is 10.2. The zero-order valence-corrected chi connectivity index (χ0v) is 21.1. The van der Waals surface area contributed by atoms with E-state index in [1.54, 1.807) is 0 Å². The molecule has 0 bridgehead atoms. The fraction of sp³-hybridized carbons (Fsp3) is 0.222. The smallest absolute Gasteiger partial charge is 0.380 e. The Morgan fingerprint density at radius 2 is 1.76 bits per heavy atom. The number of hydrogen-bond donors (Lipinski definition) is 1. The maximum absolute atomic E-state index is 13.1. The van der Waals surface area contributed by atoms with Gasteiger partial charge in [-0.2, -0.15) is 26.7 Å². The molecule has 0 saturated carbocycles. The number of nitrogens with one attached hydrogen (secondary N) is 1.